The Bertz CT molecular complexity index is 1260. The number of benzene rings is 2. The fraction of sp³-hybridized carbons (Fsp3) is 0.105. The number of carbonyl (C=O) groups is 1. The van der Waals surface area contributed by atoms with Crippen LogP contribution in [-0.2, 0) is 10.0 Å². The van der Waals surface area contributed by atoms with Gasteiger partial charge in [0.25, 0.3) is 21.6 Å². The van der Waals surface area contributed by atoms with E-state index in [0.717, 1.165) is 6.07 Å². The van der Waals surface area contributed by atoms with E-state index in [1.165, 1.54) is 36.4 Å². The lowest BCUT2D eigenvalue weighted by Crippen LogP contribution is -2.16. The number of amides is 1. The van der Waals surface area contributed by atoms with Gasteiger partial charge >= 0.3 is 0 Å². The largest absolute Gasteiger partial charge is 0.322 e. The Labute approximate surface area is 182 Å². The SMILES string of the molecule is Cc1cc(C)nc(NS(=O)(=O)c2ccc(NC(=O)c3cc([N+](=O)[O-])ccc3Cl)cc2)n1. The maximum absolute atomic E-state index is 12.6. The Morgan fingerprint density at radius 2 is 1.65 bits per heavy atom. The van der Waals surface area contributed by atoms with E-state index < -0.39 is 20.9 Å². The molecule has 2 aromatic carbocycles. The lowest BCUT2D eigenvalue weighted by molar-refractivity contribution is -0.384. The summed E-state index contributed by atoms with van der Waals surface area (Å²) in [5.41, 5.74) is 1.14. The van der Waals surface area contributed by atoms with Crippen LogP contribution < -0.4 is 10.0 Å². The van der Waals surface area contributed by atoms with Gasteiger partial charge in [0.1, 0.15) is 0 Å². The minimum absolute atomic E-state index is 0.0416. The summed E-state index contributed by atoms with van der Waals surface area (Å²) >= 11 is 5.96. The molecule has 2 N–H and O–H groups in total. The zero-order chi connectivity index (χ0) is 22.8. The second-order valence-corrected chi connectivity index (χ2v) is 8.57. The van der Waals surface area contributed by atoms with Gasteiger partial charge in [0.2, 0.25) is 5.95 Å². The van der Waals surface area contributed by atoms with Crippen molar-refractivity contribution in [2.75, 3.05) is 10.0 Å². The summed E-state index contributed by atoms with van der Waals surface area (Å²) in [6, 6.07) is 10.5. The number of anilines is 2. The highest BCUT2D eigenvalue weighted by atomic mass is 35.5. The molecule has 0 bridgehead atoms. The predicted octanol–water partition coefficient (Wildman–Crippen LogP) is 3.71. The molecule has 160 valence electrons. The molecule has 12 heteroatoms. The molecule has 1 amide bonds. The van der Waals surface area contributed by atoms with Crippen LogP contribution in [0, 0.1) is 24.0 Å². The molecule has 3 aromatic rings. The molecule has 3 rings (SSSR count). The average molecular weight is 462 g/mol. The van der Waals surface area contributed by atoms with Gasteiger partial charge in [-0.3, -0.25) is 14.9 Å². The van der Waals surface area contributed by atoms with Crippen LogP contribution in [0.25, 0.3) is 0 Å². The number of nitro benzene ring substituents is 1. The van der Waals surface area contributed by atoms with E-state index in [0.29, 0.717) is 11.4 Å². The van der Waals surface area contributed by atoms with Gasteiger partial charge in [0.15, 0.2) is 0 Å². The number of rotatable bonds is 6. The molecule has 0 atom stereocenters. The first kappa shape index (κ1) is 22.1. The molecule has 31 heavy (non-hydrogen) atoms. The van der Waals surface area contributed by atoms with Crippen LogP contribution in [0.2, 0.25) is 5.02 Å². The van der Waals surface area contributed by atoms with E-state index in [4.69, 9.17) is 11.6 Å². The normalized spacial score (nSPS) is 11.1. The van der Waals surface area contributed by atoms with Gasteiger partial charge in [0, 0.05) is 29.2 Å². The van der Waals surface area contributed by atoms with Gasteiger partial charge in [-0.1, -0.05) is 11.6 Å². The van der Waals surface area contributed by atoms with Gasteiger partial charge in [-0.15, -0.1) is 0 Å². The van der Waals surface area contributed by atoms with Crippen molar-refractivity contribution < 1.29 is 18.1 Å². The summed E-state index contributed by atoms with van der Waals surface area (Å²) in [5, 5.41) is 13.5. The second kappa shape index (κ2) is 8.66. The number of nitro groups is 1. The molecule has 1 heterocycles. The van der Waals surface area contributed by atoms with E-state index in [2.05, 4.69) is 20.0 Å². The predicted molar refractivity (Wildman–Crippen MR) is 115 cm³/mol. The third-order valence-corrected chi connectivity index (χ3v) is 5.71. The van der Waals surface area contributed by atoms with Crippen molar-refractivity contribution in [2.45, 2.75) is 18.7 Å². The number of nitrogens with zero attached hydrogens (tertiary/aromatic N) is 3. The zero-order valence-corrected chi connectivity index (χ0v) is 17.9. The van der Waals surface area contributed by atoms with E-state index in [1.54, 1.807) is 19.9 Å². The first-order valence-corrected chi connectivity index (χ1v) is 10.6. The van der Waals surface area contributed by atoms with Crippen molar-refractivity contribution in [3.63, 3.8) is 0 Å². The number of hydrogen-bond acceptors (Lipinski definition) is 7. The molecule has 0 aliphatic rings. The van der Waals surface area contributed by atoms with Gasteiger partial charge in [-0.2, -0.15) is 0 Å². The quantitative estimate of drug-likeness (QED) is 0.420. The third-order valence-electron chi connectivity index (χ3n) is 4.04. The zero-order valence-electron chi connectivity index (χ0n) is 16.3. The smallest absolute Gasteiger partial charge is 0.270 e. The number of aromatic nitrogens is 2. The number of non-ortho nitro benzene ring substituents is 1. The topological polar surface area (TPSA) is 144 Å². The molecular weight excluding hydrogens is 446 g/mol. The molecule has 0 aliphatic heterocycles. The molecule has 10 nitrogen and oxygen atoms in total. The van der Waals surface area contributed by atoms with Crippen molar-refractivity contribution in [3.05, 3.63) is 80.6 Å². The highest BCUT2D eigenvalue weighted by molar-refractivity contribution is 7.92. The number of carbonyl (C=O) groups excluding carboxylic acids is 1. The first-order chi connectivity index (χ1) is 14.5. The fourth-order valence-electron chi connectivity index (χ4n) is 2.67. The van der Waals surface area contributed by atoms with E-state index >= 15 is 0 Å². The van der Waals surface area contributed by atoms with Gasteiger partial charge in [-0.05, 0) is 50.2 Å². The highest BCUT2D eigenvalue weighted by Gasteiger charge is 2.18. The Hall–Kier alpha value is -3.57. The minimum Gasteiger partial charge on any atom is -0.322 e. The number of halogens is 1. The minimum atomic E-state index is -3.95. The van der Waals surface area contributed by atoms with Crippen LogP contribution in [0.5, 0.6) is 0 Å². The lowest BCUT2D eigenvalue weighted by atomic mass is 10.2. The van der Waals surface area contributed by atoms with Crippen LogP contribution in [0.3, 0.4) is 0 Å². The van der Waals surface area contributed by atoms with Crippen LogP contribution in [0.15, 0.2) is 53.4 Å². The number of hydrogen-bond donors (Lipinski definition) is 2. The maximum Gasteiger partial charge on any atom is 0.270 e. The van der Waals surface area contributed by atoms with Gasteiger partial charge in [0.05, 0.1) is 20.4 Å². The summed E-state index contributed by atoms with van der Waals surface area (Å²) in [7, 11) is -3.95. The highest BCUT2D eigenvalue weighted by Crippen LogP contribution is 2.24. The van der Waals surface area contributed by atoms with E-state index in [1.807, 2.05) is 0 Å². The van der Waals surface area contributed by atoms with Crippen molar-refractivity contribution in [1.82, 2.24) is 9.97 Å². The number of aryl methyl sites for hydroxylation is 2. The summed E-state index contributed by atoms with van der Waals surface area (Å²) in [5.74, 6) is -0.721. The fourth-order valence-corrected chi connectivity index (χ4v) is 3.81. The van der Waals surface area contributed by atoms with E-state index in [-0.39, 0.29) is 32.8 Å². The summed E-state index contributed by atoms with van der Waals surface area (Å²) in [6.45, 7) is 3.44. The Morgan fingerprint density at radius 1 is 1.03 bits per heavy atom. The van der Waals surface area contributed by atoms with Crippen LogP contribution in [0.4, 0.5) is 17.3 Å². The van der Waals surface area contributed by atoms with Crippen molar-refractivity contribution in [3.8, 4) is 0 Å². The molecule has 0 aliphatic carbocycles. The summed E-state index contributed by atoms with van der Waals surface area (Å²) < 4.78 is 27.4. The standard InChI is InChI=1S/C19H16ClN5O5S/c1-11-9-12(2)22-19(21-11)24-31(29,30)15-6-3-13(4-7-15)23-18(26)16-10-14(25(27)28)5-8-17(16)20/h3-10H,1-2H3,(H,23,26)(H,21,22,24). The van der Waals surface area contributed by atoms with Gasteiger partial charge in [-0.25, -0.2) is 23.1 Å². The molecule has 0 unspecified atom stereocenters. The monoisotopic (exact) mass is 461 g/mol. The summed E-state index contributed by atoms with van der Waals surface area (Å²) in [6.07, 6.45) is 0. The van der Waals surface area contributed by atoms with Crippen LogP contribution >= 0.6 is 11.6 Å². The molecule has 0 radical (unpaired) electrons. The maximum atomic E-state index is 12.6. The van der Waals surface area contributed by atoms with Gasteiger partial charge < -0.3 is 5.32 Å². The average Bonchev–Trinajstić information content (AvgIpc) is 2.67. The van der Waals surface area contributed by atoms with E-state index in [9.17, 15) is 23.3 Å². The molecular formula is C19H16ClN5O5S. The van der Waals surface area contributed by atoms with Crippen LogP contribution in [-0.4, -0.2) is 29.2 Å². The summed E-state index contributed by atoms with van der Waals surface area (Å²) in [4.78, 5) is 30.7. The molecule has 1 aromatic heterocycles. The first-order valence-electron chi connectivity index (χ1n) is 8.75. The molecule has 0 saturated carbocycles. The van der Waals surface area contributed by atoms with Crippen molar-refractivity contribution >= 4 is 44.9 Å². The Balaban J connectivity index is 1.77. The van der Waals surface area contributed by atoms with Crippen molar-refractivity contribution in [2.24, 2.45) is 0 Å². The Kier molecular flexibility index (Phi) is 6.18. The van der Waals surface area contributed by atoms with Crippen LogP contribution in [0.1, 0.15) is 21.7 Å². The molecule has 0 saturated heterocycles. The third kappa shape index (κ3) is 5.32. The Morgan fingerprint density at radius 3 is 2.23 bits per heavy atom. The second-order valence-electron chi connectivity index (χ2n) is 6.48. The molecule has 0 fully saturated rings. The number of sulfonamides is 1. The lowest BCUT2D eigenvalue weighted by Gasteiger charge is -2.10. The molecule has 0 spiro atoms. The van der Waals surface area contributed by atoms with Crippen molar-refractivity contribution in [1.29, 1.82) is 0 Å². The number of nitrogens with one attached hydrogen (secondary N) is 2.